The van der Waals surface area contributed by atoms with Gasteiger partial charge in [-0.2, -0.15) is 0 Å². The molecule has 0 spiro atoms. The number of likely N-dealkylation sites (tertiary alicyclic amines) is 1. The van der Waals surface area contributed by atoms with Crippen molar-refractivity contribution in [3.05, 3.63) is 71.8 Å². The van der Waals surface area contributed by atoms with Crippen molar-refractivity contribution in [2.75, 3.05) is 19.7 Å². The van der Waals surface area contributed by atoms with E-state index in [4.69, 9.17) is 4.74 Å². The highest BCUT2D eigenvalue weighted by atomic mass is 28.3. The van der Waals surface area contributed by atoms with Gasteiger partial charge in [-0.3, -0.25) is 0 Å². The highest BCUT2D eigenvalue weighted by Gasteiger charge is 2.45. The maximum atomic E-state index is 6.63. The zero-order valence-corrected chi connectivity index (χ0v) is 25.3. The molecule has 1 saturated heterocycles. The lowest BCUT2D eigenvalue weighted by molar-refractivity contribution is 0.368. The van der Waals surface area contributed by atoms with Crippen LogP contribution in [0.2, 0.25) is 31.2 Å². The van der Waals surface area contributed by atoms with Crippen LogP contribution >= 0.6 is 0 Å². The molecule has 4 rings (SSSR count). The summed E-state index contributed by atoms with van der Waals surface area (Å²) in [5, 5.41) is 3.18. The number of hydrogen-bond donors (Lipinski definition) is 0. The van der Waals surface area contributed by atoms with Gasteiger partial charge in [0.25, 0.3) is 0 Å². The first-order valence-corrected chi connectivity index (χ1v) is 19.4. The molecular formula is C31H45NOSi2. The molecule has 2 aromatic carbocycles. The van der Waals surface area contributed by atoms with E-state index in [1.165, 1.54) is 64.4 Å². The lowest BCUT2D eigenvalue weighted by atomic mass is 10.1. The molecule has 1 fully saturated rings. The van der Waals surface area contributed by atoms with Crippen molar-refractivity contribution in [1.82, 2.24) is 4.90 Å². The summed E-state index contributed by atoms with van der Waals surface area (Å²) in [7, 11) is -3.85. The summed E-state index contributed by atoms with van der Waals surface area (Å²) >= 11 is 0. The summed E-state index contributed by atoms with van der Waals surface area (Å²) in [6.45, 7) is 26.5. The Hall–Kier alpha value is -2.05. The van der Waals surface area contributed by atoms with E-state index in [9.17, 15) is 0 Å². The summed E-state index contributed by atoms with van der Waals surface area (Å²) in [6.07, 6.45) is 7.12. The van der Waals surface area contributed by atoms with Crippen molar-refractivity contribution >= 4 is 32.2 Å². The number of nitrogens with zero attached hydrogens (tertiary/aromatic N) is 1. The second kappa shape index (κ2) is 9.44. The fourth-order valence-electron chi connectivity index (χ4n) is 5.76. The van der Waals surface area contributed by atoms with Crippen LogP contribution in [0.1, 0.15) is 55.8 Å². The van der Waals surface area contributed by atoms with Crippen LogP contribution in [0.4, 0.5) is 0 Å². The molecule has 0 bridgehead atoms. The first kappa shape index (κ1) is 26.0. The van der Waals surface area contributed by atoms with E-state index in [0.29, 0.717) is 12.1 Å². The number of allylic oxidation sites excluding steroid dienone is 1. The van der Waals surface area contributed by atoms with Gasteiger partial charge in [0.2, 0.25) is 0 Å². The maximum absolute atomic E-state index is 6.63. The van der Waals surface area contributed by atoms with E-state index in [1.807, 2.05) is 6.08 Å². The van der Waals surface area contributed by atoms with E-state index in [-0.39, 0.29) is 5.04 Å². The van der Waals surface area contributed by atoms with Crippen molar-refractivity contribution < 1.29 is 4.74 Å². The van der Waals surface area contributed by atoms with E-state index in [1.54, 1.807) is 0 Å². The molecule has 2 aromatic rings. The number of ether oxygens (including phenoxy) is 1. The van der Waals surface area contributed by atoms with Gasteiger partial charge in [0, 0.05) is 29.9 Å². The predicted molar refractivity (Wildman–Crippen MR) is 159 cm³/mol. The lowest BCUT2D eigenvalue weighted by Crippen LogP contribution is -2.55. The van der Waals surface area contributed by atoms with Gasteiger partial charge < -0.3 is 9.64 Å². The van der Waals surface area contributed by atoms with E-state index >= 15 is 0 Å². The van der Waals surface area contributed by atoms with Crippen LogP contribution in [-0.4, -0.2) is 40.7 Å². The minimum atomic E-state index is -2.03. The zero-order valence-electron chi connectivity index (χ0n) is 23.3. The van der Waals surface area contributed by atoms with Crippen LogP contribution in [0.3, 0.4) is 0 Å². The van der Waals surface area contributed by atoms with E-state index in [0.717, 1.165) is 0 Å². The van der Waals surface area contributed by atoms with Gasteiger partial charge in [0.1, 0.15) is 12.4 Å². The van der Waals surface area contributed by atoms with Crippen molar-refractivity contribution in [1.29, 1.82) is 0 Å². The Morgan fingerprint density at radius 1 is 1.03 bits per heavy atom. The Labute approximate surface area is 216 Å². The number of fused-ring (bicyclic) bond motifs is 1. The summed E-state index contributed by atoms with van der Waals surface area (Å²) < 4.78 is 6.63. The Balaban J connectivity index is 1.91. The molecule has 188 valence electrons. The monoisotopic (exact) mass is 503 g/mol. The van der Waals surface area contributed by atoms with Gasteiger partial charge in [-0.05, 0) is 40.7 Å². The fraction of sp³-hybridized carbons (Fsp3) is 0.484. The second-order valence-electron chi connectivity index (χ2n) is 12.7. The van der Waals surface area contributed by atoms with Gasteiger partial charge in [0.15, 0.2) is 0 Å². The van der Waals surface area contributed by atoms with Crippen LogP contribution in [-0.2, 0) is 0 Å². The molecule has 35 heavy (non-hydrogen) atoms. The Kier molecular flexibility index (Phi) is 7.02. The van der Waals surface area contributed by atoms with E-state index < -0.39 is 16.1 Å². The van der Waals surface area contributed by atoms with Gasteiger partial charge in [-0.25, -0.2) is 0 Å². The molecule has 1 unspecified atom stereocenters. The first-order valence-electron chi connectivity index (χ1n) is 13.3. The molecule has 1 aliphatic carbocycles. The van der Waals surface area contributed by atoms with Crippen LogP contribution in [0.5, 0.6) is 5.75 Å². The van der Waals surface area contributed by atoms with Gasteiger partial charge in [0.05, 0.1) is 16.1 Å². The minimum absolute atomic E-state index is 0.235. The fourth-order valence-corrected chi connectivity index (χ4v) is 11.4. The zero-order chi connectivity index (χ0) is 25.6. The summed E-state index contributed by atoms with van der Waals surface area (Å²) in [6, 6.07) is 14.0. The van der Waals surface area contributed by atoms with E-state index in [2.05, 4.69) is 108 Å². The summed E-state index contributed by atoms with van der Waals surface area (Å²) in [5.74, 6) is 1.17. The van der Waals surface area contributed by atoms with Crippen LogP contribution in [0.25, 0.3) is 5.70 Å². The molecule has 2 aliphatic rings. The van der Waals surface area contributed by atoms with Gasteiger partial charge in [-0.15, -0.1) is 0 Å². The quantitative estimate of drug-likeness (QED) is 0.299. The van der Waals surface area contributed by atoms with Crippen molar-refractivity contribution in [3.8, 4) is 5.75 Å². The third-order valence-electron chi connectivity index (χ3n) is 8.94. The summed E-state index contributed by atoms with van der Waals surface area (Å²) in [4.78, 5) is 2.62. The molecule has 0 saturated carbocycles. The molecule has 0 amide bonds. The smallest absolute Gasteiger partial charge is 0.118 e. The molecule has 1 aliphatic heterocycles. The Morgan fingerprint density at radius 3 is 2.29 bits per heavy atom. The van der Waals surface area contributed by atoms with Crippen LogP contribution < -0.4 is 15.1 Å². The predicted octanol–water partition coefficient (Wildman–Crippen LogP) is 6.96. The van der Waals surface area contributed by atoms with Crippen molar-refractivity contribution in [3.63, 3.8) is 0 Å². The SMILES string of the molecule is C=CCOc1c([Si](C)(C)C2C=C(N3CCCC3)c3ccccc32)cc(C)cc1[Si](C)(C)C(C)(C)C. The molecule has 4 heteroatoms. The molecule has 2 nitrogen and oxygen atoms in total. The van der Waals surface area contributed by atoms with Gasteiger partial charge >= 0.3 is 0 Å². The number of rotatable bonds is 7. The third kappa shape index (κ3) is 4.60. The molecular weight excluding hydrogens is 459 g/mol. The van der Waals surface area contributed by atoms with Crippen molar-refractivity contribution in [2.45, 2.75) is 77.3 Å². The Morgan fingerprint density at radius 2 is 1.66 bits per heavy atom. The topological polar surface area (TPSA) is 12.5 Å². The molecule has 0 N–H and O–H groups in total. The second-order valence-corrected chi connectivity index (χ2v) is 22.6. The largest absolute Gasteiger partial charge is 0.490 e. The maximum Gasteiger partial charge on any atom is 0.118 e. The highest BCUT2D eigenvalue weighted by Crippen LogP contribution is 2.44. The van der Waals surface area contributed by atoms with Gasteiger partial charge in [-0.1, -0.05) is 108 Å². The minimum Gasteiger partial charge on any atom is -0.490 e. The molecule has 0 aromatic heterocycles. The molecule has 0 radical (unpaired) electrons. The average Bonchev–Trinajstić information content (AvgIpc) is 3.45. The van der Waals surface area contributed by atoms with Crippen molar-refractivity contribution in [2.24, 2.45) is 0 Å². The summed E-state index contributed by atoms with van der Waals surface area (Å²) in [5.41, 5.74) is 6.23. The lowest BCUT2D eigenvalue weighted by Gasteiger charge is -2.40. The standard InChI is InChI=1S/C31H45NOSi2/c1-10-19-33-30-28(20-23(2)21-29(30)35(8,9)31(3,4)5)34(6,7)27-22-26(32-17-13-14-18-32)24-15-11-12-16-25(24)27/h10-12,15-16,20-22,27H,1,13-14,17-19H2,2-9H3. The number of hydrogen-bond acceptors (Lipinski definition) is 2. The normalized spacial score (nSPS) is 18.5. The first-order chi connectivity index (χ1) is 16.4. The highest BCUT2D eigenvalue weighted by molar-refractivity contribution is 6.95. The van der Waals surface area contributed by atoms with Crippen LogP contribution in [0.15, 0.2) is 55.1 Å². The molecule has 1 atom stereocenters. The Bertz CT molecular complexity index is 1130. The average molecular weight is 504 g/mol. The molecule has 1 heterocycles. The number of benzene rings is 2. The number of aryl methyl sites for hydroxylation is 1. The van der Waals surface area contributed by atoms with Crippen LogP contribution in [0, 0.1) is 6.92 Å². The third-order valence-corrected chi connectivity index (χ3v) is 18.2.